The Hall–Kier alpha value is -3.01. The van der Waals surface area contributed by atoms with Crippen LogP contribution in [0.2, 0.25) is 0 Å². The van der Waals surface area contributed by atoms with Crippen LogP contribution in [0.3, 0.4) is 0 Å². The van der Waals surface area contributed by atoms with E-state index in [9.17, 15) is 19.2 Å². The molecule has 0 saturated carbocycles. The van der Waals surface area contributed by atoms with E-state index >= 15 is 0 Å². The first kappa shape index (κ1) is 18.8. The Morgan fingerprint density at radius 2 is 2.04 bits per heavy atom. The number of thiazole rings is 1. The number of hydrogen-bond acceptors (Lipinski definition) is 6. The van der Waals surface area contributed by atoms with Crippen molar-refractivity contribution in [1.82, 2.24) is 19.8 Å². The molecule has 0 spiro atoms. The molecule has 0 aromatic carbocycles. The molecule has 2 aromatic rings. The van der Waals surface area contributed by atoms with Crippen molar-refractivity contribution in [3.8, 4) is 0 Å². The van der Waals surface area contributed by atoms with Gasteiger partial charge in [-0.25, -0.2) is 4.98 Å². The number of rotatable bonds is 6. The minimum absolute atomic E-state index is 0.0346. The molecule has 0 atom stereocenters. The smallest absolute Gasteiger partial charge is 0.258 e. The van der Waals surface area contributed by atoms with Crippen molar-refractivity contribution in [3.63, 3.8) is 0 Å². The second-order valence-electron chi connectivity index (χ2n) is 6.06. The molecule has 142 valence electrons. The highest BCUT2D eigenvalue weighted by Gasteiger charge is 2.20. The topological polar surface area (TPSA) is 115 Å². The number of carbonyl (C=O) groups is 3. The van der Waals surface area contributed by atoms with Crippen LogP contribution >= 0.6 is 11.3 Å². The number of nitrogens with one attached hydrogen (secondary N) is 2. The number of hydrogen-bond donors (Lipinski definition) is 2. The summed E-state index contributed by atoms with van der Waals surface area (Å²) in [5.41, 5.74) is 0.785. The number of aromatic amines is 1. The first-order valence-corrected chi connectivity index (χ1v) is 9.35. The van der Waals surface area contributed by atoms with E-state index in [0.717, 1.165) is 12.1 Å². The minimum Gasteiger partial charge on any atom is -0.342 e. The lowest BCUT2D eigenvalue weighted by Crippen LogP contribution is -2.48. The summed E-state index contributed by atoms with van der Waals surface area (Å²) in [4.78, 5) is 56.3. The zero-order chi connectivity index (χ0) is 19.2. The fraction of sp³-hybridized carbons (Fsp3) is 0.353. The zero-order valence-corrected chi connectivity index (χ0v) is 15.3. The monoisotopic (exact) mass is 389 g/mol. The van der Waals surface area contributed by atoms with Gasteiger partial charge in [-0.2, -0.15) is 0 Å². The number of amides is 3. The van der Waals surface area contributed by atoms with Crippen molar-refractivity contribution in [3.05, 3.63) is 45.3 Å². The number of aromatic nitrogens is 2. The average molecular weight is 389 g/mol. The molecule has 2 N–H and O–H groups in total. The Kier molecular flexibility index (Phi) is 5.97. The Bertz CT molecular complexity index is 865. The van der Waals surface area contributed by atoms with Gasteiger partial charge in [-0.3, -0.25) is 24.5 Å². The van der Waals surface area contributed by atoms with Crippen molar-refractivity contribution in [2.45, 2.75) is 12.8 Å². The molecular formula is C17H19N5O4S. The third-order valence-electron chi connectivity index (χ3n) is 4.23. The van der Waals surface area contributed by atoms with Crippen molar-refractivity contribution in [1.29, 1.82) is 0 Å². The van der Waals surface area contributed by atoms with Crippen LogP contribution in [0, 0.1) is 0 Å². The first-order chi connectivity index (χ1) is 13.0. The van der Waals surface area contributed by atoms with Gasteiger partial charge in [-0.1, -0.05) is 0 Å². The summed E-state index contributed by atoms with van der Waals surface area (Å²) in [6, 6.07) is 2.72. The number of pyridine rings is 1. The molecule has 0 aliphatic carbocycles. The number of aryl methyl sites for hydroxylation is 1. The van der Waals surface area contributed by atoms with Gasteiger partial charge in [0.1, 0.15) is 0 Å². The molecule has 9 nitrogen and oxygen atoms in total. The third-order valence-corrected chi connectivity index (χ3v) is 5.04. The molecule has 3 heterocycles. The van der Waals surface area contributed by atoms with Crippen LogP contribution in [0.1, 0.15) is 22.5 Å². The van der Waals surface area contributed by atoms with Crippen molar-refractivity contribution in [2.75, 3.05) is 31.5 Å². The van der Waals surface area contributed by atoms with E-state index in [1.54, 1.807) is 15.2 Å². The van der Waals surface area contributed by atoms with Gasteiger partial charge < -0.3 is 14.8 Å². The van der Waals surface area contributed by atoms with Gasteiger partial charge in [0.05, 0.1) is 11.3 Å². The molecule has 27 heavy (non-hydrogen) atoms. The highest BCUT2D eigenvalue weighted by Crippen LogP contribution is 2.18. The van der Waals surface area contributed by atoms with Crippen LogP contribution < -0.4 is 10.9 Å². The molecule has 2 aromatic heterocycles. The second kappa shape index (κ2) is 8.58. The lowest BCUT2D eigenvalue weighted by Gasteiger charge is -2.32. The second-order valence-corrected chi connectivity index (χ2v) is 6.92. The standard InChI is InChI=1S/C17H19N5O4S/c23-11-21-5-7-22(8-6-21)15(25)4-2-13-10-27-17(19-13)20-16(26)12-1-3-14(24)18-9-12/h1,3,9-11H,2,4-8H2,(H,18,24)(H,19,20,26). The molecular weight excluding hydrogens is 370 g/mol. The predicted molar refractivity (Wildman–Crippen MR) is 99.7 cm³/mol. The number of carbonyl (C=O) groups excluding carboxylic acids is 3. The molecule has 1 aliphatic heterocycles. The van der Waals surface area contributed by atoms with Crippen LogP contribution in [0.5, 0.6) is 0 Å². The highest BCUT2D eigenvalue weighted by molar-refractivity contribution is 7.14. The molecule has 0 radical (unpaired) electrons. The first-order valence-electron chi connectivity index (χ1n) is 8.47. The minimum atomic E-state index is -0.365. The Morgan fingerprint density at radius 3 is 2.70 bits per heavy atom. The highest BCUT2D eigenvalue weighted by atomic mass is 32.1. The summed E-state index contributed by atoms with van der Waals surface area (Å²) in [5, 5.41) is 4.92. The van der Waals surface area contributed by atoms with Gasteiger partial charge >= 0.3 is 0 Å². The average Bonchev–Trinajstić information content (AvgIpc) is 3.14. The van der Waals surface area contributed by atoms with Crippen LogP contribution in [0.4, 0.5) is 5.13 Å². The van der Waals surface area contributed by atoms with Gasteiger partial charge in [0.25, 0.3) is 5.91 Å². The van der Waals surface area contributed by atoms with E-state index in [0.29, 0.717) is 49.7 Å². The van der Waals surface area contributed by atoms with Crippen molar-refractivity contribution in [2.24, 2.45) is 0 Å². The van der Waals surface area contributed by atoms with E-state index in [1.165, 1.54) is 29.7 Å². The lowest BCUT2D eigenvalue weighted by molar-refractivity contribution is -0.135. The van der Waals surface area contributed by atoms with Gasteiger partial charge in [0.2, 0.25) is 17.9 Å². The summed E-state index contributed by atoms with van der Waals surface area (Å²) in [7, 11) is 0. The van der Waals surface area contributed by atoms with E-state index in [2.05, 4.69) is 15.3 Å². The van der Waals surface area contributed by atoms with E-state index < -0.39 is 0 Å². The fourth-order valence-electron chi connectivity index (χ4n) is 2.67. The Morgan fingerprint density at radius 1 is 1.26 bits per heavy atom. The largest absolute Gasteiger partial charge is 0.342 e. The summed E-state index contributed by atoms with van der Waals surface area (Å²) < 4.78 is 0. The lowest BCUT2D eigenvalue weighted by atomic mass is 10.2. The molecule has 1 fully saturated rings. The van der Waals surface area contributed by atoms with E-state index in [-0.39, 0.29) is 17.4 Å². The summed E-state index contributed by atoms with van der Waals surface area (Å²) >= 11 is 1.28. The maximum absolute atomic E-state index is 12.3. The number of piperazine rings is 1. The Balaban J connectivity index is 1.48. The van der Waals surface area contributed by atoms with Crippen LogP contribution in [0.15, 0.2) is 28.5 Å². The fourth-order valence-corrected chi connectivity index (χ4v) is 3.41. The molecule has 10 heteroatoms. The van der Waals surface area contributed by atoms with Crippen LogP contribution in [-0.2, 0) is 16.0 Å². The summed E-state index contributed by atoms with van der Waals surface area (Å²) in [6.07, 6.45) is 2.96. The third kappa shape index (κ3) is 5.00. The molecule has 3 amide bonds. The van der Waals surface area contributed by atoms with E-state index in [4.69, 9.17) is 0 Å². The molecule has 3 rings (SSSR count). The van der Waals surface area contributed by atoms with Crippen LogP contribution in [0.25, 0.3) is 0 Å². The van der Waals surface area contributed by atoms with Gasteiger partial charge in [-0.15, -0.1) is 11.3 Å². The summed E-state index contributed by atoms with van der Waals surface area (Å²) in [5.74, 6) is -0.330. The molecule has 0 bridgehead atoms. The molecule has 1 saturated heterocycles. The zero-order valence-electron chi connectivity index (χ0n) is 14.5. The quantitative estimate of drug-likeness (QED) is 0.690. The Labute approximate surface area is 159 Å². The van der Waals surface area contributed by atoms with Gasteiger partial charge in [-0.05, 0) is 12.5 Å². The van der Waals surface area contributed by atoms with Gasteiger partial charge in [0.15, 0.2) is 5.13 Å². The van der Waals surface area contributed by atoms with Crippen LogP contribution in [-0.4, -0.2) is 64.2 Å². The predicted octanol–water partition coefficient (Wildman–Crippen LogP) is 0.317. The molecule has 1 aliphatic rings. The normalized spacial score (nSPS) is 14.1. The SMILES string of the molecule is O=CN1CCN(C(=O)CCc2csc(NC(=O)c3ccc(=O)[nH]c3)n2)CC1. The maximum Gasteiger partial charge on any atom is 0.258 e. The summed E-state index contributed by atoms with van der Waals surface area (Å²) in [6.45, 7) is 2.23. The number of H-pyrrole nitrogens is 1. The number of anilines is 1. The van der Waals surface area contributed by atoms with Crippen molar-refractivity contribution < 1.29 is 14.4 Å². The van der Waals surface area contributed by atoms with Crippen molar-refractivity contribution >= 4 is 34.7 Å². The molecule has 0 unspecified atom stereocenters. The maximum atomic E-state index is 12.3. The van der Waals surface area contributed by atoms with E-state index in [1.807, 2.05) is 0 Å². The van der Waals surface area contributed by atoms with Gasteiger partial charge in [0, 0.05) is 50.2 Å². The number of nitrogens with zero attached hydrogens (tertiary/aromatic N) is 3.